The number of carbonyl (C=O) groups excluding carboxylic acids is 1. The molecule has 0 aliphatic carbocycles. The summed E-state index contributed by atoms with van der Waals surface area (Å²) in [6, 6.07) is 3.65. The lowest BCUT2D eigenvalue weighted by atomic mass is 9.95. The third-order valence-electron chi connectivity index (χ3n) is 4.14. The molecule has 1 N–H and O–H groups in total. The molecule has 0 radical (unpaired) electrons. The predicted molar refractivity (Wildman–Crippen MR) is 80.9 cm³/mol. The van der Waals surface area contributed by atoms with Gasteiger partial charge in [0.25, 0.3) is 5.91 Å². The van der Waals surface area contributed by atoms with Gasteiger partial charge in [-0.05, 0) is 38.9 Å². The van der Waals surface area contributed by atoms with E-state index in [2.05, 4.69) is 4.90 Å². The molecule has 21 heavy (non-hydrogen) atoms. The van der Waals surface area contributed by atoms with Crippen LogP contribution >= 0.6 is 0 Å². The molecular weight excluding hydrogens is 268 g/mol. The van der Waals surface area contributed by atoms with Crippen molar-refractivity contribution in [1.82, 2.24) is 9.80 Å². The van der Waals surface area contributed by atoms with Crippen molar-refractivity contribution in [3.05, 3.63) is 34.4 Å². The monoisotopic (exact) mass is 290 g/mol. The van der Waals surface area contributed by atoms with Crippen LogP contribution in [0.5, 0.6) is 0 Å². The van der Waals surface area contributed by atoms with E-state index in [1.807, 2.05) is 20.0 Å². The van der Waals surface area contributed by atoms with Crippen molar-refractivity contribution < 1.29 is 14.7 Å². The van der Waals surface area contributed by atoms with Crippen LogP contribution in [-0.4, -0.2) is 59.5 Å². The molecule has 114 valence electrons. The number of hydrogen-bond donors (Lipinski definition) is 1. The third kappa shape index (κ3) is 2.93. The standard InChI is InChI=1S/C16H22N2O3/c1-10-5-6-11(2)14(16(20)21)13(10)15(19)18-8-7-17(4)9-12(18)3/h5-6,12H,7-9H2,1-4H3,(H,20,21). The molecule has 0 saturated carbocycles. The van der Waals surface area contributed by atoms with Crippen molar-refractivity contribution in [2.45, 2.75) is 26.8 Å². The molecule has 1 unspecified atom stereocenters. The first kappa shape index (κ1) is 15.5. The highest BCUT2D eigenvalue weighted by molar-refractivity contribution is 6.06. The molecule has 1 fully saturated rings. The molecule has 1 heterocycles. The fourth-order valence-electron chi connectivity index (χ4n) is 2.95. The van der Waals surface area contributed by atoms with Crippen molar-refractivity contribution in [3.8, 4) is 0 Å². The Labute approximate surface area is 125 Å². The molecule has 5 heteroatoms. The highest BCUT2D eigenvalue weighted by Gasteiger charge is 2.30. The molecule has 0 spiro atoms. The summed E-state index contributed by atoms with van der Waals surface area (Å²) in [5.41, 5.74) is 1.80. The maximum atomic E-state index is 12.9. The number of benzene rings is 1. The third-order valence-corrected chi connectivity index (χ3v) is 4.14. The highest BCUT2D eigenvalue weighted by atomic mass is 16.4. The number of aromatic carboxylic acids is 1. The van der Waals surface area contributed by atoms with Crippen LogP contribution in [0.25, 0.3) is 0 Å². The molecule has 1 aromatic carbocycles. The van der Waals surface area contributed by atoms with Gasteiger partial charge in [-0.1, -0.05) is 12.1 Å². The van der Waals surface area contributed by atoms with Gasteiger partial charge < -0.3 is 14.9 Å². The van der Waals surface area contributed by atoms with Gasteiger partial charge in [0, 0.05) is 25.7 Å². The van der Waals surface area contributed by atoms with E-state index in [0.717, 1.165) is 13.1 Å². The summed E-state index contributed by atoms with van der Waals surface area (Å²) < 4.78 is 0. The molecule has 1 atom stereocenters. The SMILES string of the molecule is Cc1ccc(C)c(C(=O)N2CCN(C)CC2C)c1C(=O)O. The average Bonchev–Trinajstić information content (AvgIpc) is 2.40. The Morgan fingerprint density at radius 2 is 1.71 bits per heavy atom. The Balaban J connectivity index is 2.44. The van der Waals surface area contributed by atoms with E-state index in [1.54, 1.807) is 24.8 Å². The van der Waals surface area contributed by atoms with Crippen molar-refractivity contribution in [1.29, 1.82) is 0 Å². The van der Waals surface area contributed by atoms with Crippen molar-refractivity contribution in [2.24, 2.45) is 0 Å². The van der Waals surface area contributed by atoms with E-state index >= 15 is 0 Å². The number of aryl methyl sites for hydroxylation is 2. The fourth-order valence-corrected chi connectivity index (χ4v) is 2.95. The first-order valence-corrected chi connectivity index (χ1v) is 7.16. The zero-order chi connectivity index (χ0) is 15.7. The highest BCUT2D eigenvalue weighted by Crippen LogP contribution is 2.22. The summed E-state index contributed by atoms with van der Waals surface area (Å²) in [6.45, 7) is 7.76. The summed E-state index contributed by atoms with van der Waals surface area (Å²) in [7, 11) is 2.03. The lowest BCUT2D eigenvalue weighted by Gasteiger charge is -2.38. The van der Waals surface area contributed by atoms with Gasteiger partial charge in [-0.25, -0.2) is 4.79 Å². The fraction of sp³-hybridized carbons (Fsp3) is 0.500. The predicted octanol–water partition coefficient (Wildman–Crippen LogP) is 1.78. The second kappa shape index (κ2) is 5.85. The molecule has 1 aliphatic heterocycles. The summed E-state index contributed by atoms with van der Waals surface area (Å²) in [4.78, 5) is 28.4. The molecular formula is C16H22N2O3. The Kier molecular flexibility index (Phi) is 4.32. The van der Waals surface area contributed by atoms with Crippen LogP contribution in [0.15, 0.2) is 12.1 Å². The number of piperazine rings is 1. The van der Waals surface area contributed by atoms with E-state index in [4.69, 9.17) is 0 Å². The second-order valence-electron chi connectivity index (χ2n) is 5.86. The average molecular weight is 290 g/mol. The summed E-state index contributed by atoms with van der Waals surface area (Å²) in [5, 5.41) is 9.45. The largest absolute Gasteiger partial charge is 0.478 e. The molecule has 5 nitrogen and oxygen atoms in total. The maximum Gasteiger partial charge on any atom is 0.336 e. The number of carboxylic acids is 1. The van der Waals surface area contributed by atoms with E-state index in [1.165, 1.54) is 0 Å². The van der Waals surface area contributed by atoms with Crippen LogP contribution in [0, 0.1) is 13.8 Å². The molecule has 1 amide bonds. The number of carboxylic acid groups (broad SMARTS) is 1. The lowest BCUT2D eigenvalue weighted by Crippen LogP contribution is -2.53. The smallest absolute Gasteiger partial charge is 0.336 e. The lowest BCUT2D eigenvalue weighted by molar-refractivity contribution is 0.0522. The van der Waals surface area contributed by atoms with Gasteiger partial charge in [-0.2, -0.15) is 0 Å². The van der Waals surface area contributed by atoms with Gasteiger partial charge in [0.1, 0.15) is 0 Å². The maximum absolute atomic E-state index is 12.9. The van der Waals surface area contributed by atoms with Gasteiger partial charge in [-0.3, -0.25) is 4.79 Å². The number of hydrogen-bond acceptors (Lipinski definition) is 3. The van der Waals surface area contributed by atoms with E-state index in [0.29, 0.717) is 23.2 Å². The quantitative estimate of drug-likeness (QED) is 0.902. The van der Waals surface area contributed by atoms with Gasteiger partial charge in [0.05, 0.1) is 11.1 Å². The number of rotatable bonds is 2. The molecule has 1 aliphatic rings. The summed E-state index contributed by atoms with van der Waals surface area (Å²) in [6.07, 6.45) is 0. The Hall–Kier alpha value is -1.88. The zero-order valence-electron chi connectivity index (χ0n) is 13.0. The van der Waals surface area contributed by atoms with Gasteiger partial charge in [0.2, 0.25) is 0 Å². The minimum Gasteiger partial charge on any atom is -0.478 e. The van der Waals surface area contributed by atoms with Crippen LogP contribution < -0.4 is 0 Å². The van der Waals surface area contributed by atoms with E-state index < -0.39 is 5.97 Å². The minimum atomic E-state index is -1.04. The van der Waals surface area contributed by atoms with Crippen molar-refractivity contribution in [2.75, 3.05) is 26.7 Å². The first-order valence-electron chi connectivity index (χ1n) is 7.16. The Morgan fingerprint density at radius 3 is 2.24 bits per heavy atom. The zero-order valence-corrected chi connectivity index (χ0v) is 13.0. The Bertz CT molecular complexity index is 583. The Morgan fingerprint density at radius 1 is 1.14 bits per heavy atom. The van der Waals surface area contributed by atoms with Crippen LogP contribution in [0.3, 0.4) is 0 Å². The first-order chi connectivity index (χ1) is 9.82. The van der Waals surface area contributed by atoms with E-state index in [9.17, 15) is 14.7 Å². The van der Waals surface area contributed by atoms with Crippen LogP contribution in [-0.2, 0) is 0 Å². The molecule has 1 aromatic rings. The van der Waals surface area contributed by atoms with Crippen LogP contribution in [0.4, 0.5) is 0 Å². The normalized spacial score (nSPS) is 19.6. The van der Waals surface area contributed by atoms with E-state index in [-0.39, 0.29) is 17.5 Å². The molecule has 1 saturated heterocycles. The molecule has 0 aromatic heterocycles. The van der Waals surface area contributed by atoms with Crippen LogP contribution in [0.1, 0.15) is 38.8 Å². The number of nitrogens with zero attached hydrogens (tertiary/aromatic N) is 2. The summed E-state index contributed by atoms with van der Waals surface area (Å²) >= 11 is 0. The number of carbonyl (C=O) groups is 2. The van der Waals surface area contributed by atoms with Crippen molar-refractivity contribution in [3.63, 3.8) is 0 Å². The van der Waals surface area contributed by atoms with Crippen molar-refractivity contribution >= 4 is 11.9 Å². The summed E-state index contributed by atoms with van der Waals surface area (Å²) in [5.74, 6) is -1.21. The molecule has 0 bridgehead atoms. The molecule has 2 rings (SSSR count). The number of likely N-dealkylation sites (N-methyl/N-ethyl adjacent to an activating group) is 1. The van der Waals surface area contributed by atoms with Crippen LogP contribution in [0.2, 0.25) is 0 Å². The number of amides is 1. The topological polar surface area (TPSA) is 60.9 Å². The van der Waals surface area contributed by atoms with Gasteiger partial charge >= 0.3 is 5.97 Å². The van der Waals surface area contributed by atoms with Gasteiger partial charge in [0.15, 0.2) is 0 Å². The second-order valence-corrected chi connectivity index (χ2v) is 5.86. The van der Waals surface area contributed by atoms with Gasteiger partial charge in [-0.15, -0.1) is 0 Å². The minimum absolute atomic E-state index is 0.0813.